The molecule has 0 fully saturated rings. The van der Waals surface area contributed by atoms with Crippen LogP contribution in [-0.2, 0) is 14.3 Å². The quantitative estimate of drug-likeness (QED) is 0.373. The zero-order chi connectivity index (χ0) is 13.5. The fraction of sp³-hybridized carbons (Fsp3) is 0.231. The maximum absolute atomic E-state index is 11.2. The van der Waals surface area contributed by atoms with Crippen molar-refractivity contribution < 1.29 is 24.2 Å². The number of aliphatic hydroxyl groups is 1. The lowest BCUT2D eigenvalue weighted by Gasteiger charge is -2.04. The smallest absolute Gasteiger partial charge is 0.378 e. The average Bonchev–Trinajstić information content (AvgIpc) is 2.38. The number of carbonyl (C=O) groups excluding carboxylic acids is 2. The molecule has 1 rings (SSSR count). The summed E-state index contributed by atoms with van der Waals surface area (Å²) < 4.78 is 9.47. The van der Waals surface area contributed by atoms with E-state index in [1.807, 2.05) is 6.92 Å². The van der Waals surface area contributed by atoms with Crippen molar-refractivity contribution in [2.75, 3.05) is 13.7 Å². The van der Waals surface area contributed by atoms with Crippen molar-refractivity contribution in [3.63, 3.8) is 0 Å². The van der Waals surface area contributed by atoms with E-state index in [2.05, 4.69) is 4.74 Å². The molecule has 0 saturated carbocycles. The van der Waals surface area contributed by atoms with Gasteiger partial charge >= 0.3 is 5.97 Å². The van der Waals surface area contributed by atoms with E-state index in [1.165, 1.54) is 0 Å². The van der Waals surface area contributed by atoms with Crippen molar-refractivity contribution >= 4 is 17.5 Å². The van der Waals surface area contributed by atoms with Gasteiger partial charge < -0.3 is 14.6 Å². The number of hydrogen-bond acceptors (Lipinski definition) is 5. The molecular weight excluding hydrogens is 236 g/mol. The zero-order valence-corrected chi connectivity index (χ0v) is 10.2. The molecule has 1 N–H and O–H groups in total. The van der Waals surface area contributed by atoms with Crippen molar-refractivity contribution in [1.82, 2.24) is 0 Å². The first-order chi connectivity index (χ1) is 8.58. The first-order valence-electron chi connectivity index (χ1n) is 5.34. The summed E-state index contributed by atoms with van der Waals surface area (Å²) in [6, 6.07) is 6.49. The molecule has 5 heteroatoms. The third-order valence-electron chi connectivity index (χ3n) is 2.12. The van der Waals surface area contributed by atoms with Gasteiger partial charge in [-0.2, -0.15) is 0 Å². The second-order valence-corrected chi connectivity index (χ2v) is 3.34. The number of esters is 1. The van der Waals surface area contributed by atoms with Crippen molar-refractivity contribution in [2.24, 2.45) is 0 Å². The Hall–Kier alpha value is -2.30. The van der Waals surface area contributed by atoms with Crippen LogP contribution in [0.15, 0.2) is 30.3 Å². The molecule has 1 aromatic carbocycles. The van der Waals surface area contributed by atoms with Gasteiger partial charge in [-0.3, -0.25) is 4.79 Å². The van der Waals surface area contributed by atoms with Crippen molar-refractivity contribution in [1.29, 1.82) is 0 Å². The Morgan fingerprint density at radius 3 is 2.39 bits per heavy atom. The average molecular weight is 250 g/mol. The summed E-state index contributed by atoms with van der Waals surface area (Å²) in [5, 5.41) is 9.65. The minimum absolute atomic E-state index is 0.298. The maximum Gasteiger partial charge on any atom is 0.378 e. The van der Waals surface area contributed by atoms with Crippen LogP contribution in [-0.4, -0.2) is 30.6 Å². The standard InChI is InChI=1S/C13H14O5/c1-3-18-10-6-4-9(5-7-10)11(14)8-12(15)13(16)17-2/h4-8,14H,3H2,1-2H3/b11-8+. The molecule has 0 unspecified atom stereocenters. The van der Waals surface area contributed by atoms with Gasteiger partial charge in [0.2, 0.25) is 0 Å². The van der Waals surface area contributed by atoms with Crippen molar-refractivity contribution in [3.05, 3.63) is 35.9 Å². The first-order valence-corrected chi connectivity index (χ1v) is 5.34. The molecule has 5 nitrogen and oxygen atoms in total. The van der Waals surface area contributed by atoms with Crippen LogP contribution in [0.25, 0.3) is 5.76 Å². The molecule has 0 amide bonds. The number of carbonyl (C=O) groups is 2. The predicted octanol–water partition coefficient (Wildman–Crippen LogP) is 1.73. The van der Waals surface area contributed by atoms with Gasteiger partial charge in [0.1, 0.15) is 11.5 Å². The second kappa shape index (κ2) is 6.44. The number of ketones is 1. The van der Waals surface area contributed by atoms with Crippen LogP contribution in [0.2, 0.25) is 0 Å². The second-order valence-electron chi connectivity index (χ2n) is 3.34. The lowest BCUT2D eigenvalue weighted by molar-refractivity contribution is -0.149. The number of aliphatic hydroxyl groups excluding tert-OH is 1. The summed E-state index contributed by atoms with van der Waals surface area (Å²) in [6.07, 6.45) is 0.821. The summed E-state index contributed by atoms with van der Waals surface area (Å²) in [7, 11) is 1.10. The number of ether oxygens (including phenoxy) is 2. The van der Waals surface area contributed by atoms with Crippen LogP contribution in [0.5, 0.6) is 5.75 Å². The molecule has 0 aliphatic carbocycles. The first kappa shape index (κ1) is 13.8. The van der Waals surface area contributed by atoms with Gasteiger partial charge in [0.05, 0.1) is 13.7 Å². The molecule has 96 valence electrons. The van der Waals surface area contributed by atoms with Gasteiger partial charge in [-0.15, -0.1) is 0 Å². The highest BCUT2D eigenvalue weighted by Gasteiger charge is 2.12. The normalized spacial score (nSPS) is 10.9. The zero-order valence-electron chi connectivity index (χ0n) is 10.2. The van der Waals surface area contributed by atoms with E-state index >= 15 is 0 Å². The van der Waals surface area contributed by atoms with Crippen LogP contribution in [0.4, 0.5) is 0 Å². The molecule has 0 aliphatic heterocycles. The van der Waals surface area contributed by atoms with E-state index in [-0.39, 0.29) is 5.76 Å². The number of methoxy groups -OCH3 is 1. The minimum Gasteiger partial charge on any atom is -0.507 e. The highest BCUT2D eigenvalue weighted by atomic mass is 16.5. The predicted molar refractivity (Wildman–Crippen MR) is 65.2 cm³/mol. The Morgan fingerprint density at radius 2 is 1.89 bits per heavy atom. The molecule has 0 radical (unpaired) electrons. The molecular formula is C13H14O5. The molecule has 0 aliphatic rings. The van der Waals surface area contributed by atoms with E-state index in [0.717, 1.165) is 13.2 Å². The van der Waals surface area contributed by atoms with E-state index in [9.17, 15) is 14.7 Å². The Labute approximate surface area is 105 Å². The van der Waals surface area contributed by atoms with E-state index in [0.29, 0.717) is 17.9 Å². The van der Waals surface area contributed by atoms with Gasteiger partial charge in [0.25, 0.3) is 5.78 Å². The Balaban J connectivity index is 2.83. The highest BCUT2D eigenvalue weighted by Crippen LogP contribution is 2.17. The third-order valence-corrected chi connectivity index (χ3v) is 2.12. The highest BCUT2D eigenvalue weighted by molar-refractivity contribution is 6.39. The molecule has 0 aromatic heterocycles. The lowest BCUT2D eigenvalue weighted by Crippen LogP contribution is -2.13. The van der Waals surface area contributed by atoms with E-state index < -0.39 is 11.8 Å². The van der Waals surface area contributed by atoms with Gasteiger partial charge in [0, 0.05) is 11.6 Å². The number of hydrogen-bond donors (Lipinski definition) is 1. The van der Waals surface area contributed by atoms with E-state index in [4.69, 9.17) is 4.74 Å². The topological polar surface area (TPSA) is 72.8 Å². The van der Waals surface area contributed by atoms with Crippen LogP contribution in [0, 0.1) is 0 Å². The number of benzene rings is 1. The molecule has 0 bridgehead atoms. The Kier molecular flexibility index (Phi) is 4.92. The molecule has 1 aromatic rings. The van der Waals surface area contributed by atoms with Crippen molar-refractivity contribution in [2.45, 2.75) is 6.92 Å². The Bertz CT molecular complexity index is 459. The molecule has 0 saturated heterocycles. The Morgan fingerprint density at radius 1 is 1.28 bits per heavy atom. The van der Waals surface area contributed by atoms with Crippen LogP contribution in [0.3, 0.4) is 0 Å². The number of rotatable bonds is 5. The summed E-state index contributed by atoms with van der Waals surface area (Å²) >= 11 is 0. The monoisotopic (exact) mass is 250 g/mol. The molecule has 0 atom stereocenters. The SMILES string of the molecule is CCOc1ccc(/C(O)=C\C(=O)C(=O)OC)cc1. The summed E-state index contributed by atoms with van der Waals surface area (Å²) in [6.45, 7) is 2.41. The van der Waals surface area contributed by atoms with Crippen LogP contribution >= 0.6 is 0 Å². The van der Waals surface area contributed by atoms with Crippen molar-refractivity contribution in [3.8, 4) is 5.75 Å². The van der Waals surface area contributed by atoms with Gasteiger partial charge in [-0.05, 0) is 31.2 Å². The minimum atomic E-state index is -1.02. The summed E-state index contributed by atoms with van der Waals surface area (Å²) in [5.41, 5.74) is 0.413. The fourth-order valence-corrected chi connectivity index (χ4v) is 1.26. The third kappa shape index (κ3) is 3.62. The largest absolute Gasteiger partial charge is 0.507 e. The molecule has 0 spiro atoms. The lowest BCUT2D eigenvalue weighted by atomic mass is 10.1. The molecule has 18 heavy (non-hydrogen) atoms. The van der Waals surface area contributed by atoms with Gasteiger partial charge in [0.15, 0.2) is 0 Å². The maximum atomic E-state index is 11.2. The van der Waals surface area contributed by atoms with Crippen LogP contribution < -0.4 is 4.74 Å². The fourth-order valence-electron chi connectivity index (χ4n) is 1.26. The van der Waals surface area contributed by atoms with E-state index in [1.54, 1.807) is 24.3 Å². The summed E-state index contributed by atoms with van der Waals surface area (Å²) in [4.78, 5) is 22.1. The van der Waals surface area contributed by atoms with Gasteiger partial charge in [-0.25, -0.2) is 4.79 Å². The van der Waals surface area contributed by atoms with Crippen LogP contribution in [0.1, 0.15) is 12.5 Å². The van der Waals surface area contributed by atoms with Gasteiger partial charge in [-0.1, -0.05) is 0 Å². The summed E-state index contributed by atoms with van der Waals surface area (Å²) in [5.74, 6) is -1.57. The molecule has 0 heterocycles.